The second-order valence-corrected chi connectivity index (χ2v) is 4.74. The molecule has 0 radical (unpaired) electrons. The average molecular weight is 199 g/mol. The highest BCUT2D eigenvalue weighted by Crippen LogP contribution is 2.44. The Morgan fingerprint density at radius 1 is 1.43 bits per heavy atom. The molecule has 80 valence electrons. The lowest BCUT2D eigenvalue weighted by molar-refractivity contribution is 0.00242. The Kier molecular flexibility index (Phi) is 2.18. The zero-order valence-electron chi connectivity index (χ0n) is 8.44. The van der Waals surface area contributed by atoms with Crippen LogP contribution in [0.25, 0.3) is 0 Å². The summed E-state index contributed by atoms with van der Waals surface area (Å²) in [5.74, 6) is 0.421. The molecule has 2 atom stereocenters. The maximum absolute atomic E-state index is 11.0. The summed E-state index contributed by atoms with van der Waals surface area (Å²) in [5.41, 5.74) is -0.696. The third-order valence-corrected chi connectivity index (χ3v) is 3.45. The van der Waals surface area contributed by atoms with Gasteiger partial charge in [0.1, 0.15) is 0 Å². The number of nitrogens with zero attached hydrogens (tertiary/aromatic N) is 1. The largest absolute Gasteiger partial charge is 0.465 e. The molecule has 2 unspecified atom stereocenters. The Bertz CT molecular complexity index is 250. The van der Waals surface area contributed by atoms with E-state index in [4.69, 9.17) is 5.11 Å². The normalized spacial score (nSPS) is 35.4. The van der Waals surface area contributed by atoms with E-state index in [0.717, 1.165) is 25.7 Å². The standard InChI is InChI=1S/C10H17NO3/c1-7-2-3-8(10(14)4-5-10)11(6-7)9(12)13/h7-8,14H,2-6H2,1H3,(H,12,13). The van der Waals surface area contributed by atoms with E-state index in [2.05, 4.69) is 6.92 Å². The molecule has 1 saturated heterocycles. The summed E-state index contributed by atoms with van der Waals surface area (Å²) < 4.78 is 0. The third-order valence-electron chi connectivity index (χ3n) is 3.45. The minimum atomic E-state index is -0.887. The van der Waals surface area contributed by atoms with Crippen molar-refractivity contribution in [1.29, 1.82) is 0 Å². The quantitative estimate of drug-likeness (QED) is 0.669. The Labute approximate surface area is 83.5 Å². The number of rotatable bonds is 1. The molecule has 4 nitrogen and oxygen atoms in total. The van der Waals surface area contributed by atoms with E-state index in [1.165, 1.54) is 4.90 Å². The molecule has 2 N–H and O–H groups in total. The van der Waals surface area contributed by atoms with Crippen molar-refractivity contribution in [3.05, 3.63) is 0 Å². The molecule has 0 bridgehead atoms. The van der Waals surface area contributed by atoms with Crippen LogP contribution >= 0.6 is 0 Å². The van der Waals surface area contributed by atoms with Crippen LogP contribution in [0.1, 0.15) is 32.6 Å². The summed E-state index contributed by atoms with van der Waals surface area (Å²) in [6.07, 6.45) is 2.47. The minimum Gasteiger partial charge on any atom is -0.465 e. The first kappa shape index (κ1) is 9.77. The molecular weight excluding hydrogens is 182 g/mol. The second-order valence-electron chi connectivity index (χ2n) is 4.74. The number of carboxylic acid groups (broad SMARTS) is 1. The number of hydrogen-bond donors (Lipinski definition) is 2. The molecule has 1 saturated carbocycles. The first-order valence-corrected chi connectivity index (χ1v) is 5.25. The van der Waals surface area contributed by atoms with Crippen molar-refractivity contribution < 1.29 is 15.0 Å². The second kappa shape index (κ2) is 3.12. The lowest BCUT2D eigenvalue weighted by Crippen LogP contribution is -2.52. The predicted octanol–water partition coefficient (Wildman–Crippen LogP) is 1.29. The SMILES string of the molecule is CC1CCC(C2(O)CC2)N(C(=O)O)C1. The summed E-state index contributed by atoms with van der Waals surface area (Å²) in [7, 11) is 0. The fraction of sp³-hybridized carbons (Fsp3) is 0.900. The van der Waals surface area contributed by atoms with Crippen LogP contribution < -0.4 is 0 Å². The van der Waals surface area contributed by atoms with E-state index in [9.17, 15) is 9.90 Å². The molecule has 14 heavy (non-hydrogen) atoms. The van der Waals surface area contributed by atoms with Gasteiger partial charge in [-0.3, -0.25) is 0 Å². The summed E-state index contributed by atoms with van der Waals surface area (Å²) in [4.78, 5) is 12.4. The number of aliphatic hydroxyl groups is 1. The first-order valence-electron chi connectivity index (χ1n) is 5.25. The minimum absolute atomic E-state index is 0.156. The Balaban J connectivity index is 2.10. The summed E-state index contributed by atoms with van der Waals surface area (Å²) in [5, 5.41) is 19.0. The van der Waals surface area contributed by atoms with Gasteiger partial charge in [0.15, 0.2) is 0 Å². The van der Waals surface area contributed by atoms with Crippen LogP contribution in [-0.4, -0.2) is 39.4 Å². The number of hydrogen-bond acceptors (Lipinski definition) is 2. The highest BCUT2D eigenvalue weighted by molar-refractivity contribution is 5.66. The van der Waals surface area contributed by atoms with Crippen LogP contribution in [0.15, 0.2) is 0 Å². The molecule has 1 aliphatic carbocycles. The summed E-state index contributed by atoms with van der Waals surface area (Å²) >= 11 is 0. The molecule has 4 heteroatoms. The molecule has 0 spiro atoms. The topological polar surface area (TPSA) is 60.8 Å². The molecule has 2 rings (SSSR count). The summed E-state index contributed by atoms with van der Waals surface area (Å²) in [6, 6.07) is -0.156. The van der Waals surface area contributed by atoms with E-state index in [-0.39, 0.29) is 6.04 Å². The van der Waals surface area contributed by atoms with Crippen molar-refractivity contribution in [3.63, 3.8) is 0 Å². The van der Waals surface area contributed by atoms with Gasteiger partial charge in [-0.2, -0.15) is 0 Å². The van der Waals surface area contributed by atoms with Crippen molar-refractivity contribution in [1.82, 2.24) is 4.90 Å². The van der Waals surface area contributed by atoms with Gasteiger partial charge in [-0.1, -0.05) is 6.92 Å². The maximum Gasteiger partial charge on any atom is 0.407 e. The Morgan fingerprint density at radius 2 is 2.07 bits per heavy atom. The fourth-order valence-electron chi connectivity index (χ4n) is 2.38. The highest BCUT2D eigenvalue weighted by atomic mass is 16.4. The van der Waals surface area contributed by atoms with Crippen molar-refractivity contribution in [2.75, 3.05) is 6.54 Å². The van der Waals surface area contributed by atoms with Crippen molar-refractivity contribution in [2.45, 2.75) is 44.2 Å². The monoisotopic (exact) mass is 199 g/mol. The van der Waals surface area contributed by atoms with Crippen molar-refractivity contribution >= 4 is 6.09 Å². The lowest BCUT2D eigenvalue weighted by Gasteiger charge is -2.39. The zero-order chi connectivity index (χ0) is 10.3. The van der Waals surface area contributed by atoms with Crippen LogP contribution in [0, 0.1) is 5.92 Å². The predicted molar refractivity (Wildman–Crippen MR) is 51.1 cm³/mol. The third kappa shape index (κ3) is 1.59. The molecule has 0 aromatic carbocycles. The van der Waals surface area contributed by atoms with Gasteiger partial charge in [0, 0.05) is 6.54 Å². The van der Waals surface area contributed by atoms with Crippen LogP contribution in [0.3, 0.4) is 0 Å². The van der Waals surface area contributed by atoms with Gasteiger partial charge in [-0.05, 0) is 31.6 Å². The number of carbonyl (C=O) groups is 1. The highest BCUT2D eigenvalue weighted by Gasteiger charge is 2.52. The van der Waals surface area contributed by atoms with Gasteiger partial charge in [-0.15, -0.1) is 0 Å². The molecule has 1 amide bonds. The van der Waals surface area contributed by atoms with Gasteiger partial charge in [0.05, 0.1) is 11.6 Å². The van der Waals surface area contributed by atoms with Crippen LogP contribution in [0.4, 0.5) is 4.79 Å². The Hall–Kier alpha value is -0.770. The fourth-order valence-corrected chi connectivity index (χ4v) is 2.38. The zero-order valence-corrected chi connectivity index (χ0v) is 8.44. The van der Waals surface area contributed by atoms with Crippen molar-refractivity contribution in [3.8, 4) is 0 Å². The molecule has 1 aliphatic heterocycles. The number of amides is 1. The van der Waals surface area contributed by atoms with Gasteiger partial charge in [-0.25, -0.2) is 4.79 Å². The van der Waals surface area contributed by atoms with Crippen LogP contribution in [-0.2, 0) is 0 Å². The van der Waals surface area contributed by atoms with E-state index < -0.39 is 11.7 Å². The number of likely N-dealkylation sites (tertiary alicyclic amines) is 1. The maximum atomic E-state index is 11.0. The van der Waals surface area contributed by atoms with E-state index in [1.807, 2.05) is 0 Å². The van der Waals surface area contributed by atoms with E-state index in [0.29, 0.717) is 12.5 Å². The van der Waals surface area contributed by atoms with E-state index >= 15 is 0 Å². The molecule has 0 aromatic heterocycles. The van der Waals surface area contributed by atoms with Gasteiger partial charge >= 0.3 is 6.09 Å². The molecule has 0 aromatic rings. The van der Waals surface area contributed by atoms with Gasteiger partial charge in [0.2, 0.25) is 0 Å². The van der Waals surface area contributed by atoms with Gasteiger partial charge in [0.25, 0.3) is 0 Å². The van der Waals surface area contributed by atoms with Crippen LogP contribution in [0.5, 0.6) is 0 Å². The molecule has 2 aliphatic rings. The lowest BCUT2D eigenvalue weighted by atomic mass is 9.90. The van der Waals surface area contributed by atoms with Gasteiger partial charge < -0.3 is 15.1 Å². The molecule has 1 heterocycles. The first-order chi connectivity index (χ1) is 6.53. The average Bonchev–Trinajstić information content (AvgIpc) is 2.84. The van der Waals surface area contributed by atoms with Crippen LogP contribution in [0.2, 0.25) is 0 Å². The van der Waals surface area contributed by atoms with Crippen molar-refractivity contribution in [2.24, 2.45) is 5.92 Å². The molecular formula is C10H17NO3. The molecule has 2 fully saturated rings. The summed E-state index contributed by atoms with van der Waals surface area (Å²) in [6.45, 7) is 2.63. The number of piperidine rings is 1. The van der Waals surface area contributed by atoms with E-state index in [1.54, 1.807) is 0 Å². The smallest absolute Gasteiger partial charge is 0.407 e. The Morgan fingerprint density at radius 3 is 2.57 bits per heavy atom.